The molecule has 0 aliphatic carbocycles. The number of hydrogen-bond acceptors (Lipinski definition) is 5. The Kier molecular flexibility index (Phi) is 4.17. The minimum Gasteiger partial charge on any atom is -0.379 e. The van der Waals surface area contributed by atoms with Gasteiger partial charge in [-0.05, 0) is 24.3 Å². The first-order valence-corrected chi connectivity index (χ1v) is 6.94. The van der Waals surface area contributed by atoms with Crippen LogP contribution in [-0.2, 0) is 9.47 Å². The van der Waals surface area contributed by atoms with Crippen molar-refractivity contribution >= 4 is 11.4 Å². The Labute approximate surface area is 114 Å². The third-order valence-electron chi connectivity index (χ3n) is 3.54. The molecule has 0 atom stereocenters. The predicted molar refractivity (Wildman–Crippen MR) is 75.5 cm³/mol. The van der Waals surface area contributed by atoms with Crippen LogP contribution in [0, 0.1) is 0 Å². The van der Waals surface area contributed by atoms with Gasteiger partial charge in [0.2, 0.25) is 0 Å². The van der Waals surface area contributed by atoms with E-state index in [2.05, 4.69) is 39.6 Å². The molecule has 0 saturated carbocycles. The van der Waals surface area contributed by atoms with Gasteiger partial charge >= 0.3 is 0 Å². The van der Waals surface area contributed by atoms with Crippen molar-refractivity contribution in [3.63, 3.8) is 0 Å². The summed E-state index contributed by atoms with van der Waals surface area (Å²) in [4.78, 5) is 2.36. The van der Waals surface area contributed by atoms with Crippen molar-refractivity contribution in [1.29, 1.82) is 0 Å². The molecule has 1 aromatic rings. The highest BCUT2D eigenvalue weighted by Crippen LogP contribution is 2.19. The lowest BCUT2D eigenvalue weighted by Gasteiger charge is -2.30. The van der Waals surface area contributed by atoms with Crippen molar-refractivity contribution < 1.29 is 9.47 Å². The third kappa shape index (κ3) is 3.37. The van der Waals surface area contributed by atoms with Crippen LogP contribution in [0.3, 0.4) is 0 Å². The SMILES string of the molecule is c1cc(N2CCOCC2)ccc1NN1CCOCC1. The average Bonchev–Trinajstić information content (AvgIpc) is 2.50. The molecule has 2 aliphatic rings. The highest BCUT2D eigenvalue weighted by molar-refractivity contribution is 5.54. The number of anilines is 2. The van der Waals surface area contributed by atoms with Crippen LogP contribution in [-0.4, -0.2) is 57.6 Å². The van der Waals surface area contributed by atoms with Gasteiger partial charge in [-0.3, -0.25) is 0 Å². The van der Waals surface area contributed by atoms with Crippen LogP contribution in [0.1, 0.15) is 0 Å². The Morgan fingerprint density at radius 1 is 0.789 bits per heavy atom. The van der Waals surface area contributed by atoms with E-state index >= 15 is 0 Å². The average molecular weight is 263 g/mol. The summed E-state index contributed by atoms with van der Waals surface area (Å²) in [6, 6.07) is 8.63. The summed E-state index contributed by atoms with van der Waals surface area (Å²) in [5.74, 6) is 0. The lowest BCUT2D eigenvalue weighted by atomic mass is 10.2. The molecule has 0 radical (unpaired) electrons. The fraction of sp³-hybridized carbons (Fsp3) is 0.571. The monoisotopic (exact) mass is 263 g/mol. The number of hydrazine groups is 1. The van der Waals surface area contributed by atoms with Gasteiger partial charge in [-0.2, -0.15) is 0 Å². The summed E-state index contributed by atoms with van der Waals surface area (Å²) in [6.45, 7) is 7.10. The van der Waals surface area contributed by atoms with Gasteiger partial charge in [-0.1, -0.05) is 0 Å². The maximum atomic E-state index is 5.37. The summed E-state index contributed by atoms with van der Waals surface area (Å²) in [6.07, 6.45) is 0. The number of rotatable bonds is 3. The Morgan fingerprint density at radius 3 is 2.00 bits per heavy atom. The summed E-state index contributed by atoms with van der Waals surface area (Å²) >= 11 is 0. The van der Waals surface area contributed by atoms with Crippen LogP contribution in [0.2, 0.25) is 0 Å². The van der Waals surface area contributed by atoms with E-state index in [0.717, 1.165) is 58.3 Å². The first-order chi connectivity index (χ1) is 9.42. The Balaban J connectivity index is 1.58. The van der Waals surface area contributed by atoms with E-state index in [1.54, 1.807) is 0 Å². The molecule has 2 aliphatic heterocycles. The number of morpholine rings is 2. The molecule has 19 heavy (non-hydrogen) atoms. The van der Waals surface area contributed by atoms with Crippen molar-refractivity contribution in [2.24, 2.45) is 0 Å². The topological polar surface area (TPSA) is 37.0 Å². The number of hydrogen-bond donors (Lipinski definition) is 1. The molecule has 0 spiro atoms. The van der Waals surface area contributed by atoms with Crippen LogP contribution in [0.15, 0.2) is 24.3 Å². The van der Waals surface area contributed by atoms with E-state index in [1.165, 1.54) is 5.69 Å². The molecule has 2 heterocycles. The van der Waals surface area contributed by atoms with Crippen molar-refractivity contribution in [3.05, 3.63) is 24.3 Å². The van der Waals surface area contributed by atoms with Crippen LogP contribution >= 0.6 is 0 Å². The van der Waals surface area contributed by atoms with Crippen molar-refractivity contribution in [2.45, 2.75) is 0 Å². The second-order valence-corrected chi connectivity index (χ2v) is 4.86. The maximum absolute atomic E-state index is 5.37. The molecule has 0 amide bonds. The van der Waals surface area contributed by atoms with Gasteiger partial charge in [0.25, 0.3) is 0 Å². The lowest BCUT2D eigenvalue weighted by molar-refractivity contribution is 0.0497. The van der Waals surface area contributed by atoms with Gasteiger partial charge in [-0.15, -0.1) is 0 Å². The lowest BCUT2D eigenvalue weighted by Crippen LogP contribution is -2.40. The van der Waals surface area contributed by atoms with Gasteiger partial charge in [0.1, 0.15) is 0 Å². The van der Waals surface area contributed by atoms with Gasteiger partial charge in [0, 0.05) is 37.6 Å². The number of nitrogens with zero attached hydrogens (tertiary/aromatic N) is 2. The summed E-state index contributed by atoms with van der Waals surface area (Å²) in [5, 5.41) is 2.20. The normalized spacial score (nSPS) is 21.4. The zero-order chi connectivity index (χ0) is 12.9. The number of benzene rings is 1. The summed E-state index contributed by atoms with van der Waals surface area (Å²) in [7, 11) is 0. The maximum Gasteiger partial charge on any atom is 0.0642 e. The molecule has 104 valence electrons. The molecule has 2 saturated heterocycles. The summed E-state index contributed by atoms with van der Waals surface area (Å²) < 4.78 is 10.7. The molecule has 5 heteroatoms. The van der Waals surface area contributed by atoms with Crippen LogP contribution in [0.4, 0.5) is 11.4 Å². The highest BCUT2D eigenvalue weighted by atomic mass is 16.5. The van der Waals surface area contributed by atoms with Crippen LogP contribution in [0.5, 0.6) is 0 Å². The molecule has 0 aromatic heterocycles. The first kappa shape index (κ1) is 12.7. The second-order valence-electron chi connectivity index (χ2n) is 4.86. The Hall–Kier alpha value is -1.30. The van der Waals surface area contributed by atoms with E-state index in [1.807, 2.05) is 0 Å². The van der Waals surface area contributed by atoms with E-state index < -0.39 is 0 Å². The Bertz CT molecular complexity index is 384. The minimum atomic E-state index is 0.804. The zero-order valence-electron chi connectivity index (χ0n) is 11.2. The number of nitrogens with one attached hydrogen (secondary N) is 1. The second kappa shape index (κ2) is 6.23. The molecule has 2 fully saturated rings. The fourth-order valence-electron chi connectivity index (χ4n) is 2.43. The molecule has 1 N–H and O–H groups in total. The van der Waals surface area contributed by atoms with Crippen molar-refractivity contribution in [3.8, 4) is 0 Å². The Morgan fingerprint density at radius 2 is 1.37 bits per heavy atom. The minimum absolute atomic E-state index is 0.804. The third-order valence-corrected chi connectivity index (χ3v) is 3.54. The van der Waals surface area contributed by atoms with Crippen LogP contribution in [0.25, 0.3) is 0 Å². The molecular weight excluding hydrogens is 242 g/mol. The predicted octanol–water partition coefficient (Wildman–Crippen LogP) is 1.18. The van der Waals surface area contributed by atoms with Gasteiger partial charge in [0.15, 0.2) is 0 Å². The standard InChI is InChI=1S/C14H21N3O2/c1-3-14(16-5-9-18-10-6-16)4-2-13(1)15-17-7-11-19-12-8-17/h1-4,15H,5-12H2. The molecule has 5 nitrogen and oxygen atoms in total. The largest absolute Gasteiger partial charge is 0.379 e. The van der Waals surface area contributed by atoms with Crippen molar-refractivity contribution in [2.75, 3.05) is 62.9 Å². The molecule has 0 unspecified atom stereocenters. The zero-order valence-corrected chi connectivity index (χ0v) is 11.2. The highest BCUT2D eigenvalue weighted by Gasteiger charge is 2.12. The first-order valence-electron chi connectivity index (χ1n) is 6.94. The van der Waals surface area contributed by atoms with Crippen molar-refractivity contribution in [1.82, 2.24) is 5.01 Å². The molecule has 3 rings (SSSR count). The van der Waals surface area contributed by atoms with E-state index in [9.17, 15) is 0 Å². The molecular formula is C14H21N3O2. The van der Waals surface area contributed by atoms with Gasteiger partial charge < -0.3 is 19.8 Å². The fourth-order valence-corrected chi connectivity index (χ4v) is 2.43. The smallest absolute Gasteiger partial charge is 0.0642 e. The number of ether oxygens (including phenoxy) is 2. The van der Waals surface area contributed by atoms with Gasteiger partial charge in [0.05, 0.1) is 26.4 Å². The van der Waals surface area contributed by atoms with Crippen LogP contribution < -0.4 is 10.3 Å². The van der Waals surface area contributed by atoms with E-state index in [0.29, 0.717) is 0 Å². The molecule has 0 bridgehead atoms. The van der Waals surface area contributed by atoms with Gasteiger partial charge in [-0.25, -0.2) is 5.01 Å². The summed E-state index contributed by atoms with van der Waals surface area (Å²) in [5.41, 5.74) is 5.83. The quantitative estimate of drug-likeness (QED) is 0.886. The molecule has 1 aromatic carbocycles. The van der Waals surface area contributed by atoms with E-state index in [4.69, 9.17) is 9.47 Å². The van der Waals surface area contributed by atoms with E-state index in [-0.39, 0.29) is 0 Å².